The number of nitrogens with zero attached hydrogens (tertiary/aromatic N) is 2. The molecule has 2 atom stereocenters. The minimum absolute atomic E-state index is 0.209. The predicted octanol–water partition coefficient (Wildman–Crippen LogP) is 1.77. The zero-order valence-electron chi connectivity index (χ0n) is 10.4. The van der Waals surface area contributed by atoms with Gasteiger partial charge in [-0.15, -0.1) is 0 Å². The Balaban J connectivity index is 2.16. The molecule has 0 bridgehead atoms. The van der Waals surface area contributed by atoms with E-state index in [1.54, 1.807) is 0 Å². The molecule has 2 heterocycles. The first-order valence-corrected chi connectivity index (χ1v) is 6.56. The Morgan fingerprint density at radius 2 is 2.35 bits per heavy atom. The van der Waals surface area contributed by atoms with E-state index in [-0.39, 0.29) is 6.04 Å². The Hall–Kier alpha value is -0.580. The van der Waals surface area contributed by atoms with Gasteiger partial charge in [0.05, 0.1) is 23.0 Å². The Bertz CT molecular complexity index is 391. The fraction of sp³-hybridized carbons (Fsp3) is 0.750. The summed E-state index contributed by atoms with van der Waals surface area (Å²) in [6.45, 7) is 6.35. The van der Waals surface area contributed by atoms with Crippen molar-refractivity contribution < 1.29 is 4.74 Å². The fourth-order valence-corrected chi connectivity index (χ4v) is 2.55. The summed E-state index contributed by atoms with van der Waals surface area (Å²) >= 11 is 6.29. The third-order valence-corrected chi connectivity index (χ3v) is 3.93. The molecule has 1 aliphatic heterocycles. The van der Waals surface area contributed by atoms with Crippen molar-refractivity contribution in [3.8, 4) is 0 Å². The van der Waals surface area contributed by atoms with Crippen LogP contribution in [0.2, 0.25) is 5.02 Å². The molecule has 0 saturated carbocycles. The van der Waals surface area contributed by atoms with Crippen LogP contribution in [-0.2, 0) is 17.7 Å². The third-order valence-electron chi connectivity index (χ3n) is 3.44. The molecule has 0 aliphatic carbocycles. The van der Waals surface area contributed by atoms with Crippen molar-refractivity contribution in [2.45, 2.75) is 39.3 Å². The number of rotatable bonds is 3. The van der Waals surface area contributed by atoms with E-state index >= 15 is 0 Å². The van der Waals surface area contributed by atoms with E-state index in [0.717, 1.165) is 49.0 Å². The van der Waals surface area contributed by atoms with Crippen LogP contribution >= 0.6 is 11.6 Å². The molecular formula is C12H20ClN3O. The smallest absolute Gasteiger partial charge is 0.0847 e. The van der Waals surface area contributed by atoms with Crippen LogP contribution in [0.5, 0.6) is 0 Å². The molecular weight excluding hydrogens is 238 g/mol. The molecule has 1 saturated heterocycles. The van der Waals surface area contributed by atoms with Crippen molar-refractivity contribution >= 4 is 11.6 Å². The molecule has 0 spiro atoms. The number of hydrogen-bond donors (Lipinski definition) is 1. The van der Waals surface area contributed by atoms with Crippen molar-refractivity contribution in [1.82, 2.24) is 9.78 Å². The topological polar surface area (TPSA) is 53.1 Å². The van der Waals surface area contributed by atoms with Crippen LogP contribution in [0.3, 0.4) is 0 Å². The van der Waals surface area contributed by atoms with Gasteiger partial charge >= 0.3 is 0 Å². The third kappa shape index (κ3) is 2.64. The maximum absolute atomic E-state index is 6.29. The molecule has 2 N–H and O–H groups in total. The first-order chi connectivity index (χ1) is 8.13. The van der Waals surface area contributed by atoms with Crippen molar-refractivity contribution in [3.05, 3.63) is 16.4 Å². The highest BCUT2D eigenvalue weighted by molar-refractivity contribution is 6.31. The van der Waals surface area contributed by atoms with Gasteiger partial charge in [-0.3, -0.25) is 4.68 Å². The first kappa shape index (κ1) is 12.9. The van der Waals surface area contributed by atoms with Gasteiger partial charge in [-0.2, -0.15) is 5.10 Å². The summed E-state index contributed by atoms with van der Waals surface area (Å²) in [5, 5.41) is 5.20. The largest absolute Gasteiger partial charge is 0.381 e. The number of halogens is 1. The molecule has 2 unspecified atom stereocenters. The average Bonchev–Trinajstić information content (AvgIpc) is 2.59. The summed E-state index contributed by atoms with van der Waals surface area (Å²) in [5.74, 6) is 0.350. The standard InChI is InChI=1S/C12H20ClN3O/c1-3-16-11(12(13)8(2)15-16)6-9-7-17-5-4-10(9)14/h9-10H,3-7,14H2,1-2H3. The van der Waals surface area contributed by atoms with E-state index in [2.05, 4.69) is 12.0 Å². The number of aromatic nitrogens is 2. The SMILES string of the molecule is CCn1nc(C)c(Cl)c1CC1COCCC1N. The highest BCUT2D eigenvalue weighted by atomic mass is 35.5. The molecule has 5 heteroatoms. The molecule has 2 rings (SSSR count). The van der Waals surface area contributed by atoms with Crippen LogP contribution < -0.4 is 5.73 Å². The minimum atomic E-state index is 0.209. The highest BCUT2D eigenvalue weighted by Crippen LogP contribution is 2.25. The second-order valence-corrected chi connectivity index (χ2v) is 5.03. The maximum atomic E-state index is 6.29. The van der Waals surface area contributed by atoms with E-state index in [9.17, 15) is 0 Å². The summed E-state index contributed by atoms with van der Waals surface area (Å²) in [5.41, 5.74) is 8.11. The molecule has 17 heavy (non-hydrogen) atoms. The van der Waals surface area contributed by atoms with Crippen molar-refractivity contribution in [1.29, 1.82) is 0 Å². The second-order valence-electron chi connectivity index (χ2n) is 4.65. The first-order valence-electron chi connectivity index (χ1n) is 6.18. The van der Waals surface area contributed by atoms with Gasteiger partial charge in [0.1, 0.15) is 0 Å². The van der Waals surface area contributed by atoms with E-state index in [1.807, 2.05) is 11.6 Å². The fourth-order valence-electron chi connectivity index (χ4n) is 2.34. The van der Waals surface area contributed by atoms with Gasteiger partial charge in [0, 0.05) is 25.1 Å². The van der Waals surface area contributed by atoms with Gasteiger partial charge in [0.2, 0.25) is 0 Å². The normalized spacial score (nSPS) is 25.2. The van der Waals surface area contributed by atoms with Crippen molar-refractivity contribution in [2.24, 2.45) is 11.7 Å². The molecule has 0 radical (unpaired) electrons. The Kier molecular flexibility index (Phi) is 4.07. The molecule has 1 fully saturated rings. The lowest BCUT2D eigenvalue weighted by atomic mass is 9.92. The van der Waals surface area contributed by atoms with Gasteiger partial charge in [-0.1, -0.05) is 11.6 Å². The van der Waals surface area contributed by atoms with Crippen molar-refractivity contribution in [3.63, 3.8) is 0 Å². The van der Waals surface area contributed by atoms with Gasteiger partial charge < -0.3 is 10.5 Å². The summed E-state index contributed by atoms with van der Waals surface area (Å²) < 4.78 is 7.46. The molecule has 1 aliphatic rings. The average molecular weight is 258 g/mol. The van der Waals surface area contributed by atoms with Crippen LogP contribution in [0.4, 0.5) is 0 Å². The number of hydrogen-bond acceptors (Lipinski definition) is 3. The zero-order chi connectivity index (χ0) is 12.4. The van der Waals surface area contributed by atoms with Crippen molar-refractivity contribution in [2.75, 3.05) is 13.2 Å². The predicted molar refractivity (Wildman–Crippen MR) is 68.3 cm³/mol. The van der Waals surface area contributed by atoms with E-state index < -0.39 is 0 Å². The summed E-state index contributed by atoms with van der Waals surface area (Å²) in [4.78, 5) is 0. The zero-order valence-corrected chi connectivity index (χ0v) is 11.2. The number of nitrogens with two attached hydrogens (primary N) is 1. The lowest BCUT2D eigenvalue weighted by Gasteiger charge is -2.28. The minimum Gasteiger partial charge on any atom is -0.381 e. The van der Waals surface area contributed by atoms with Gasteiger partial charge in [-0.05, 0) is 26.7 Å². The summed E-state index contributed by atoms with van der Waals surface area (Å²) in [6, 6.07) is 0.209. The van der Waals surface area contributed by atoms with Crippen LogP contribution in [0, 0.1) is 12.8 Å². The Labute approximate surface area is 107 Å². The van der Waals surface area contributed by atoms with Crippen LogP contribution in [0.15, 0.2) is 0 Å². The Morgan fingerprint density at radius 1 is 1.59 bits per heavy atom. The quantitative estimate of drug-likeness (QED) is 0.898. The maximum Gasteiger partial charge on any atom is 0.0847 e. The molecule has 96 valence electrons. The van der Waals surface area contributed by atoms with E-state index in [0.29, 0.717) is 5.92 Å². The lowest BCUT2D eigenvalue weighted by Crippen LogP contribution is -2.40. The van der Waals surface area contributed by atoms with E-state index in [1.165, 1.54) is 0 Å². The molecule has 0 amide bonds. The van der Waals surface area contributed by atoms with Gasteiger partial charge in [0.15, 0.2) is 0 Å². The summed E-state index contributed by atoms with van der Waals surface area (Å²) in [6.07, 6.45) is 1.79. The Morgan fingerprint density at radius 3 is 3.00 bits per heavy atom. The number of ether oxygens (including phenoxy) is 1. The van der Waals surface area contributed by atoms with Crippen LogP contribution in [0.1, 0.15) is 24.7 Å². The van der Waals surface area contributed by atoms with E-state index in [4.69, 9.17) is 22.1 Å². The molecule has 1 aromatic heterocycles. The number of aryl methyl sites for hydroxylation is 2. The molecule has 4 nitrogen and oxygen atoms in total. The molecule has 1 aromatic rings. The highest BCUT2D eigenvalue weighted by Gasteiger charge is 2.25. The van der Waals surface area contributed by atoms with Crippen LogP contribution in [0.25, 0.3) is 0 Å². The monoisotopic (exact) mass is 257 g/mol. The lowest BCUT2D eigenvalue weighted by molar-refractivity contribution is 0.0415. The van der Waals surface area contributed by atoms with Gasteiger partial charge in [0.25, 0.3) is 0 Å². The molecule has 0 aromatic carbocycles. The van der Waals surface area contributed by atoms with Crippen LogP contribution in [-0.4, -0.2) is 29.0 Å². The second kappa shape index (κ2) is 5.38. The van der Waals surface area contributed by atoms with Gasteiger partial charge in [-0.25, -0.2) is 0 Å². The summed E-state index contributed by atoms with van der Waals surface area (Å²) in [7, 11) is 0.